The van der Waals surface area contributed by atoms with E-state index < -0.39 is 0 Å². The van der Waals surface area contributed by atoms with Gasteiger partial charge < -0.3 is 4.57 Å². The minimum Gasteiger partial charge on any atom is -0.309 e. The van der Waals surface area contributed by atoms with Crippen molar-refractivity contribution in [3.63, 3.8) is 0 Å². The lowest BCUT2D eigenvalue weighted by atomic mass is 9.90. The summed E-state index contributed by atoms with van der Waals surface area (Å²) >= 11 is 0. The Morgan fingerprint density at radius 3 is 0.745 bits per heavy atom. The summed E-state index contributed by atoms with van der Waals surface area (Å²) in [5, 5.41) is 2.50. The van der Waals surface area contributed by atoms with E-state index in [-0.39, 0.29) is 0 Å². The van der Waals surface area contributed by atoms with E-state index in [1.165, 1.54) is 77.4 Å². The maximum Gasteiger partial charge on any atom is 0.0541 e. The van der Waals surface area contributed by atoms with E-state index in [1.807, 2.05) is 0 Å². The first-order chi connectivity index (χ1) is 27.2. The number of benzene rings is 9. The van der Waals surface area contributed by atoms with Gasteiger partial charge in [0.05, 0.1) is 11.0 Å². The molecule has 0 atom stereocenters. The molecule has 0 unspecified atom stereocenters. The highest BCUT2D eigenvalue weighted by atomic mass is 15.0. The van der Waals surface area contributed by atoms with Gasteiger partial charge in [-0.15, -0.1) is 0 Å². The zero-order valence-electron chi connectivity index (χ0n) is 30.3. The predicted molar refractivity (Wildman–Crippen MR) is 233 cm³/mol. The van der Waals surface area contributed by atoms with Gasteiger partial charge in [0.25, 0.3) is 0 Å². The molecule has 258 valence electrons. The second-order valence-corrected chi connectivity index (χ2v) is 14.2. The van der Waals surface area contributed by atoms with Crippen molar-refractivity contribution in [1.82, 2.24) is 4.57 Å². The molecule has 0 bridgehead atoms. The van der Waals surface area contributed by atoms with E-state index in [4.69, 9.17) is 0 Å². The summed E-state index contributed by atoms with van der Waals surface area (Å²) in [7, 11) is 0. The van der Waals surface area contributed by atoms with Crippen molar-refractivity contribution in [3.05, 3.63) is 224 Å². The topological polar surface area (TPSA) is 4.93 Å². The van der Waals surface area contributed by atoms with E-state index in [1.54, 1.807) is 0 Å². The highest BCUT2D eigenvalue weighted by molar-refractivity contribution is 6.09. The predicted octanol–water partition coefficient (Wildman–Crippen LogP) is 14.8. The molecule has 0 spiro atoms. The maximum atomic E-state index is 2.44. The lowest BCUT2D eigenvalue weighted by Crippen LogP contribution is -1.96. The van der Waals surface area contributed by atoms with Crippen LogP contribution in [0.3, 0.4) is 0 Å². The fourth-order valence-electron chi connectivity index (χ4n) is 8.05. The van der Waals surface area contributed by atoms with Crippen molar-refractivity contribution in [2.24, 2.45) is 0 Å². The number of para-hydroxylation sites is 2. The van der Waals surface area contributed by atoms with Gasteiger partial charge in [-0.1, -0.05) is 158 Å². The second-order valence-electron chi connectivity index (χ2n) is 14.2. The zero-order valence-corrected chi connectivity index (χ0v) is 30.3. The lowest BCUT2D eigenvalue weighted by Gasteiger charge is -2.17. The summed E-state index contributed by atoms with van der Waals surface area (Å²) in [6.07, 6.45) is 0. The van der Waals surface area contributed by atoms with Crippen molar-refractivity contribution in [1.29, 1.82) is 0 Å². The van der Waals surface area contributed by atoms with Gasteiger partial charge in [0.1, 0.15) is 0 Å². The Kier molecular flexibility index (Phi) is 8.24. The molecule has 10 aromatic rings. The van der Waals surface area contributed by atoms with E-state index in [0.29, 0.717) is 0 Å². The first-order valence-electron chi connectivity index (χ1n) is 18.9. The van der Waals surface area contributed by atoms with Crippen LogP contribution in [0.1, 0.15) is 0 Å². The van der Waals surface area contributed by atoms with Gasteiger partial charge >= 0.3 is 0 Å². The van der Waals surface area contributed by atoms with Gasteiger partial charge in [-0.05, 0) is 133 Å². The van der Waals surface area contributed by atoms with Crippen LogP contribution in [-0.2, 0) is 0 Å². The molecule has 0 N–H and O–H groups in total. The van der Waals surface area contributed by atoms with E-state index >= 15 is 0 Å². The fourth-order valence-corrected chi connectivity index (χ4v) is 8.05. The largest absolute Gasteiger partial charge is 0.309 e. The van der Waals surface area contributed by atoms with Crippen LogP contribution in [0.2, 0.25) is 0 Å². The number of hydrogen-bond acceptors (Lipinski definition) is 0. The van der Waals surface area contributed by atoms with E-state index in [9.17, 15) is 0 Å². The molecule has 1 heterocycles. The van der Waals surface area contributed by atoms with Crippen molar-refractivity contribution < 1.29 is 0 Å². The maximum absolute atomic E-state index is 2.44. The average molecular weight is 700 g/mol. The van der Waals surface area contributed by atoms with Crippen molar-refractivity contribution >= 4 is 21.8 Å². The summed E-state index contributed by atoms with van der Waals surface area (Å²) in [4.78, 5) is 0. The average Bonchev–Trinajstić information content (AvgIpc) is 3.61. The van der Waals surface area contributed by atoms with Gasteiger partial charge in [0.2, 0.25) is 0 Å². The normalized spacial score (nSPS) is 11.3. The summed E-state index contributed by atoms with van der Waals surface area (Å²) < 4.78 is 2.44. The molecule has 1 aromatic heterocycles. The van der Waals surface area contributed by atoms with Crippen LogP contribution in [0.25, 0.3) is 94.3 Å². The first kappa shape index (κ1) is 32.4. The van der Waals surface area contributed by atoms with Crippen molar-refractivity contribution in [2.45, 2.75) is 0 Å². The quantitative estimate of drug-likeness (QED) is 0.156. The summed E-state index contributed by atoms with van der Waals surface area (Å²) in [5.41, 5.74) is 17.7. The van der Waals surface area contributed by atoms with Gasteiger partial charge in [0.15, 0.2) is 0 Å². The number of aromatic nitrogens is 1. The third-order valence-electron chi connectivity index (χ3n) is 10.7. The minimum absolute atomic E-state index is 1.13. The molecule has 0 saturated carbocycles. The number of nitrogens with zero attached hydrogens (tertiary/aromatic N) is 1. The van der Waals surface area contributed by atoms with Crippen LogP contribution in [0.5, 0.6) is 0 Å². The molecule has 0 aliphatic rings. The van der Waals surface area contributed by atoms with Crippen LogP contribution < -0.4 is 0 Å². The summed E-state index contributed by atoms with van der Waals surface area (Å²) in [6.45, 7) is 0. The highest BCUT2D eigenvalue weighted by Crippen LogP contribution is 2.40. The Morgan fingerprint density at radius 1 is 0.200 bits per heavy atom. The molecule has 0 aliphatic heterocycles. The molecule has 55 heavy (non-hydrogen) atoms. The van der Waals surface area contributed by atoms with E-state index in [0.717, 1.165) is 16.8 Å². The third kappa shape index (κ3) is 6.22. The minimum atomic E-state index is 1.13. The molecular weight excluding hydrogens is 663 g/mol. The molecule has 0 radical (unpaired) electrons. The second kappa shape index (κ2) is 14.0. The standard InChI is InChI=1S/C54H37N/c1-5-17-38(18-6-1)42-29-43(39-19-7-2-8-20-39)32-46(31-42)48-35-49(37-50(36-48)55-53-27-15-13-25-51(53)52-26-14-16-28-54(52)55)47-33-44(40-21-9-3-10-22-40)30-45(34-47)41-23-11-4-12-24-41/h1-37H. The molecule has 0 fully saturated rings. The molecule has 0 aliphatic carbocycles. The van der Waals surface area contributed by atoms with Crippen LogP contribution in [-0.4, -0.2) is 4.57 Å². The smallest absolute Gasteiger partial charge is 0.0541 e. The fraction of sp³-hybridized carbons (Fsp3) is 0. The molecule has 0 amide bonds. The summed E-state index contributed by atoms with van der Waals surface area (Å²) in [5.74, 6) is 0. The highest BCUT2D eigenvalue weighted by Gasteiger charge is 2.17. The van der Waals surface area contributed by atoms with Crippen LogP contribution in [0.4, 0.5) is 0 Å². The Morgan fingerprint density at radius 2 is 0.436 bits per heavy atom. The van der Waals surface area contributed by atoms with Crippen LogP contribution in [0, 0.1) is 0 Å². The van der Waals surface area contributed by atoms with Crippen LogP contribution >= 0.6 is 0 Å². The number of rotatable bonds is 7. The summed E-state index contributed by atoms with van der Waals surface area (Å²) in [6, 6.07) is 81.6. The van der Waals surface area contributed by atoms with E-state index in [2.05, 4.69) is 229 Å². The zero-order chi connectivity index (χ0) is 36.6. The van der Waals surface area contributed by atoms with Crippen molar-refractivity contribution in [2.75, 3.05) is 0 Å². The third-order valence-corrected chi connectivity index (χ3v) is 10.7. The monoisotopic (exact) mass is 699 g/mol. The Bertz CT molecular complexity index is 2630. The SMILES string of the molecule is c1ccc(-c2cc(-c3ccccc3)cc(-c3cc(-c4cc(-c5ccccc5)cc(-c5ccccc5)c4)cc(-n4c5ccccc5c5ccccc54)c3)c2)cc1. The van der Waals surface area contributed by atoms with Gasteiger partial charge in [-0.25, -0.2) is 0 Å². The van der Waals surface area contributed by atoms with Gasteiger partial charge in [-0.3, -0.25) is 0 Å². The molecule has 1 nitrogen and oxygen atoms in total. The molecule has 1 heteroatoms. The Labute approximate surface area is 322 Å². The Balaban J connectivity index is 1.27. The van der Waals surface area contributed by atoms with Crippen molar-refractivity contribution in [3.8, 4) is 72.4 Å². The number of hydrogen-bond donors (Lipinski definition) is 0. The van der Waals surface area contributed by atoms with Crippen LogP contribution in [0.15, 0.2) is 224 Å². The molecule has 10 rings (SSSR count). The van der Waals surface area contributed by atoms with Gasteiger partial charge in [-0.2, -0.15) is 0 Å². The molecular formula is C54H37N. The lowest BCUT2D eigenvalue weighted by molar-refractivity contribution is 1.18. The number of fused-ring (bicyclic) bond motifs is 3. The Hall–Kier alpha value is -7.22. The van der Waals surface area contributed by atoms with Gasteiger partial charge in [0, 0.05) is 16.5 Å². The molecule has 9 aromatic carbocycles. The molecule has 0 saturated heterocycles. The first-order valence-corrected chi connectivity index (χ1v) is 18.9.